The summed E-state index contributed by atoms with van der Waals surface area (Å²) in [6.07, 6.45) is -3.51. The highest BCUT2D eigenvalue weighted by Gasteiger charge is 2.47. The van der Waals surface area contributed by atoms with E-state index in [2.05, 4.69) is 31.7 Å². The third-order valence-electron chi connectivity index (χ3n) is 4.76. The molecular weight excluding hydrogens is 469 g/mol. The van der Waals surface area contributed by atoms with Crippen LogP contribution < -0.4 is 10.6 Å². The van der Waals surface area contributed by atoms with Gasteiger partial charge < -0.3 is 10.6 Å². The van der Waals surface area contributed by atoms with Gasteiger partial charge in [0, 0.05) is 15.8 Å². The number of thiophene rings is 1. The number of amides is 1. The zero-order valence-electron chi connectivity index (χ0n) is 14.9. The quantitative estimate of drug-likeness (QED) is 0.528. The zero-order chi connectivity index (χ0) is 20.6. The molecule has 10 heteroatoms. The molecule has 1 amide bonds. The second kappa shape index (κ2) is 7.83. The van der Waals surface area contributed by atoms with E-state index >= 15 is 0 Å². The lowest BCUT2D eigenvalue weighted by molar-refractivity contribution is -0.173. The van der Waals surface area contributed by atoms with Crippen LogP contribution in [-0.4, -0.2) is 21.9 Å². The van der Waals surface area contributed by atoms with E-state index < -0.39 is 24.2 Å². The van der Waals surface area contributed by atoms with Crippen molar-refractivity contribution in [2.45, 2.75) is 31.2 Å². The number of fused-ring (bicyclic) bond motifs is 1. The van der Waals surface area contributed by atoms with E-state index in [1.807, 2.05) is 17.5 Å². The summed E-state index contributed by atoms with van der Waals surface area (Å²) in [4.78, 5) is 13.6. The van der Waals surface area contributed by atoms with Crippen LogP contribution in [0.2, 0.25) is 0 Å². The van der Waals surface area contributed by atoms with Gasteiger partial charge in [-0.3, -0.25) is 4.79 Å². The maximum absolute atomic E-state index is 13.7. The highest BCUT2D eigenvalue weighted by atomic mass is 79.9. The molecule has 2 aromatic heterocycles. The van der Waals surface area contributed by atoms with Gasteiger partial charge in [0.1, 0.15) is 11.4 Å². The summed E-state index contributed by atoms with van der Waals surface area (Å²) in [5.74, 6) is -0.389. The van der Waals surface area contributed by atoms with E-state index in [0.717, 1.165) is 14.0 Å². The maximum atomic E-state index is 13.7. The summed E-state index contributed by atoms with van der Waals surface area (Å²) in [6, 6.07) is 8.41. The Morgan fingerprint density at radius 3 is 2.72 bits per heavy atom. The molecule has 3 aromatic rings. The lowest BCUT2D eigenvalue weighted by Gasteiger charge is -2.34. The number of benzene rings is 1. The molecule has 2 N–H and O–H groups in total. The number of anilines is 1. The van der Waals surface area contributed by atoms with Crippen LogP contribution in [0.1, 0.15) is 39.3 Å². The molecule has 0 saturated heterocycles. The fraction of sp³-hybridized carbons (Fsp3) is 0.263. The van der Waals surface area contributed by atoms with E-state index in [-0.39, 0.29) is 17.8 Å². The number of nitrogens with one attached hydrogen (secondary N) is 2. The summed E-state index contributed by atoms with van der Waals surface area (Å²) in [5.41, 5.74) is 0.803. The number of hydrogen-bond acceptors (Lipinski definition) is 4. The Morgan fingerprint density at radius 2 is 2.07 bits per heavy atom. The third kappa shape index (κ3) is 4.18. The number of carbonyl (C=O) groups is 1. The van der Waals surface area contributed by atoms with Gasteiger partial charge in [-0.05, 0) is 29.1 Å². The van der Waals surface area contributed by atoms with Crippen molar-refractivity contribution in [2.24, 2.45) is 0 Å². The Bertz CT molecular complexity index is 1000. The fourth-order valence-corrected chi connectivity index (χ4v) is 4.23. The zero-order valence-corrected chi connectivity index (χ0v) is 17.3. The predicted molar refractivity (Wildman–Crippen MR) is 108 cm³/mol. The van der Waals surface area contributed by atoms with Crippen LogP contribution in [0.15, 0.2) is 52.4 Å². The number of hydrogen-bond donors (Lipinski definition) is 2. The smallest absolute Gasteiger partial charge is 0.363 e. The van der Waals surface area contributed by atoms with Crippen LogP contribution in [0.5, 0.6) is 0 Å². The molecule has 0 saturated carbocycles. The van der Waals surface area contributed by atoms with Gasteiger partial charge in [-0.2, -0.15) is 18.3 Å². The van der Waals surface area contributed by atoms with Gasteiger partial charge in [0.25, 0.3) is 5.91 Å². The Morgan fingerprint density at radius 1 is 1.31 bits per heavy atom. The molecule has 0 fully saturated rings. The standard InChI is InChI=1S/C19H16BrF3N4OS/c20-12-5-3-11(4-6-12)15-8-16(19(21,22)23)27-17(26-15)14(10-25-27)18(28)24-9-13-2-1-7-29-13/h1-7,10,15-16,26H,8-9H2,(H,24,28)/t15-,16-/m1/s1. The van der Waals surface area contributed by atoms with Crippen molar-refractivity contribution in [2.75, 3.05) is 5.32 Å². The number of halogens is 4. The fourth-order valence-electron chi connectivity index (χ4n) is 3.32. The second-order valence-electron chi connectivity index (χ2n) is 6.66. The second-order valence-corrected chi connectivity index (χ2v) is 8.60. The largest absolute Gasteiger partial charge is 0.410 e. The first-order valence-electron chi connectivity index (χ1n) is 8.79. The topological polar surface area (TPSA) is 59.0 Å². The van der Waals surface area contributed by atoms with Crippen molar-refractivity contribution in [3.05, 3.63) is 68.5 Å². The van der Waals surface area contributed by atoms with Gasteiger partial charge in [0.15, 0.2) is 6.04 Å². The normalized spacial score (nSPS) is 18.8. The van der Waals surface area contributed by atoms with Crippen LogP contribution in [-0.2, 0) is 6.54 Å². The average Bonchev–Trinajstić information content (AvgIpc) is 3.35. The molecule has 2 atom stereocenters. The van der Waals surface area contributed by atoms with Crippen molar-refractivity contribution in [3.63, 3.8) is 0 Å². The van der Waals surface area contributed by atoms with Gasteiger partial charge in [0.05, 0.1) is 18.8 Å². The predicted octanol–water partition coefficient (Wildman–Crippen LogP) is 5.30. The minimum absolute atomic E-state index is 0.0789. The molecule has 152 valence electrons. The molecule has 0 bridgehead atoms. The molecule has 29 heavy (non-hydrogen) atoms. The highest BCUT2D eigenvalue weighted by Crippen LogP contribution is 2.44. The first-order chi connectivity index (χ1) is 13.8. The monoisotopic (exact) mass is 484 g/mol. The van der Waals surface area contributed by atoms with Crippen molar-refractivity contribution in [1.82, 2.24) is 15.1 Å². The summed E-state index contributed by atoms with van der Waals surface area (Å²) in [7, 11) is 0. The van der Waals surface area contributed by atoms with E-state index in [9.17, 15) is 18.0 Å². The summed E-state index contributed by atoms with van der Waals surface area (Å²) in [5, 5.41) is 11.6. The SMILES string of the molecule is O=C(NCc1cccs1)c1cnn2c1N[C@@H](c1ccc(Br)cc1)C[C@@H]2C(F)(F)F. The molecule has 0 radical (unpaired) electrons. The van der Waals surface area contributed by atoms with Crippen molar-refractivity contribution >= 4 is 39.0 Å². The van der Waals surface area contributed by atoms with Gasteiger partial charge in [0.2, 0.25) is 0 Å². The first kappa shape index (κ1) is 20.0. The molecule has 5 nitrogen and oxygen atoms in total. The molecule has 0 unspecified atom stereocenters. The van der Waals surface area contributed by atoms with E-state index in [0.29, 0.717) is 12.1 Å². The first-order valence-corrected chi connectivity index (χ1v) is 10.5. The van der Waals surface area contributed by atoms with Gasteiger partial charge in [-0.15, -0.1) is 11.3 Å². The number of nitrogens with zero attached hydrogens (tertiary/aromatic N) is 2. The minimum atomic E-state index is -4.48. The summed E-state index contributed by atoms with van der Waals surface area (Å²) < 4.78 is 42.9. The minimum Gasteiger partial charge on any atom is -0.363 e. The van der Waals surface area contributed by atoms with E-state index in [1.54, 1.807) is 24.3 Å². The Kier molecular flexibility index (Phi) is 5.39. The molecule has 4 rings (SSSR count). The van der Waals surface area contributed by atoms with Gasteiger partial charge >= 0.3 is 6.18 Å². The van der Waals surface area contributed by atoms with Crippen LogP contribution in [0, 0.1) is 0 Å². The number of carbonyl (C=O) groups excluding carboxylic acids is 1. The molecule has 0 aliphatic carbocycles. The molecule has 0 spiro atoms. The van der Waals surface area contributed by atoms with Crippen LogP contribution >= 0.6 is 27.3 Å². The van der Waals surface area contributed by atoms with Gasteiger partial charge in [-0.1, -0.05) is 34.1 Å². The average molecular weight is 485 g/mol. The number of rotatable bonds is 4. The summed E-state index contributed by atoms with van der Waals surface area (Å²) in [6.45, 7) is 0.306. The summed E-state index contributed by atoms with van der Waals surface area (Å²) >= 11 is 4.82. The van der Waals surface area contributed by atoms with Crippen molar-refractivity contribution < 1.29 is 18.0 Å². The maximum Gasteiger partial charge on any atom is 0.410 e. The highest BCUT2D eigenvalue weighted by molar-refractivity contribution is 9.10. The molecule has 1 aliphatic heterocycles. The lowest BCUT2D eigenvalue weighted by Crippen LogP contribution is -2.36. The molecule has 1 aliphatic rings. The van der Waals surface area contributed by atoms with E-state index in [1.165, 1.54) is 17.5 Å². The molecular formula is C19H16BrF3N4OS. The van der Waals surface area contributed by atoms with Crippen molar-refractivity contribution in [1.29, 1.82) is 0 Å². The van der Waals surface area contributed by atoms with Gasteiger partial charge in [-0.25, -0.2) is 4.68 Å². The molecule has 3 heterocycles. The molecule has 1 aromatic carbocycles. The Hall–Kier alpha value is -2.33. The third-order valence-corrected chi connectivity index (χ3v) is 6.16. The van der Waals surface area contributed by atoms with Crippen molar-refractivity contribution in [3.8, 4) is 0 Å². The van der Waals surface area contributed by atoms with Crippen LogP contribution in [0.4, 0.5) is 19.0 Å². The Balaban J connectivity index is 1.64. The van der Waals surface area contributed by atoms with E-state index in [4.69, 9.17) is 0 Å². The number of alkyl halides is 3. The number of aromatic nitrogens is 2. The lowest BCUT2D eigenvalue weighted by atomic mass is 9.96. The van der Waals surface area contributed by atoms with Crippen LogP contribution in [0.25, 0.3) is 0 Å². The Labute approximate surface area is 177 Å². The van der Waals surface area contributed by atoms with Crippen LogP contribution in [0.3, 0.4) is 0 Å².